The maximum absolute atomic E-state index is 12.0. The van der Waals surface area contributed by atoms with Crippen molar-refractivity contribution in [2.24, 2.45) is 40.4 Å². The Bertz CT molecular complexity index is 486. The monoisotopic (exact) mass is 304 g/mol. The molecule has 2 heteroatoms. The molecule has 4 fully saturated rings. The number of carbonyl (C=O) groups is 1. The predicted molar refractivity (Wildman–Crippen MR) is 87.3 cm³/mol. The van der Waals surface area contributed by atoms with E-state index in [0.29, 0.717) is 23.0 Å². The largest absolute Gasteiger partial charge is 0.393 e. The molecule has 22 heavy (non-hydrogen) atoms. The first-order valence-electron chi connectivity index (χ1n) is 9.56. The molecular formula is C20H32O2. The molecule has 4 aliphatic carbocycles. The summed E-state index contributed by atoms with van der Waals surface area (Å²) in [6, 6.07) is 0. The normalized spacial score (nSPS) is 57.9. The molecule has 0 aromatic heterocycles. The highest BCUT2D eigenvalue weighted by molar-refractivity contribution is 5.79. The second-order valence-corrected chi connectivity index (χ2v) is 9.59. The van der Waals surface area contributed by atoms with E-state index in [9.17, 15) is 9.90 Å². The van der Waals surface area contributed by atoms with Gasteiger partial charge in [0.15, 0.2) is 0 Å². The number of aliphatic hydroxyl groups is 1. The Hall–Kier alpha value is -0.370. The Morgan fingerprint density at radius 3 is 2.55 bits per heavy atom. The summed E-state index contributed by atoms with van der Waals surface area (Å²) in [5.41, 5.74) is 0.559. The quantitative estimate of drug-likeness (QED) is 0.728. The molecule has 2 nitrogen and oxygen atoms in total. The molecule has 0 spiro atoms. The van der Waals surface area contributed by atoms with Crippen molar-refractivity contribution in [2.75, 3.05) is 0 Å². The number of ketones is 1. The van der Waals surface area contributed by atoms with Gasteiger partial charge in [0.2, 0.25) is 0 Å². The molecule has 0 aliphatic heterocycles. The van der Waals surface area contributed by atoms with Crippen LogP contribution >= 0.6 is 0 Å². The molecule has 4 saturated carbocycles. The van der Waals surface area contributed by atoms with Gasteiger partial charge in [0.1, 0.15) is 5.78 Å². The number of hydrogen-bond acceptors (Lipinski definition) is 2. The van der Waals surface area contributed by atoms with Gasteiger partial charge in [-0.2, -0.15) is 0 Å². The van der Waals surface area contributed by atoms with Crippen molar-refractivity contribution >= 4 is 5.78 Å². The molecule has 0 radical (unpaired) electrons. The summed E-state index contributed by atoms with van der Waals surface area (Å²) >= 11 is 0. The third-order valence-corrected chi connectivity index (χ3v) is 8.79. The average Bonchev–Trinajstić information content (AvgIpc) is 2.77. The molecule has 0 aromatic carbocycles. The minimum atomic E-state index is -0.0795. The third kappa shape index (κ3) is 1.85. The second kappa shape index (κ2) is 4.82. The van der Waals surface area contributed by atoms with Crippen LogP contribution in [0, 0.1) is 40.4 Å². The third-order valence-electron chi connectivity index (χ3n) is 8.79. The molecule has 124 valence electrons. The van der Waals surface area contributed by atoms with Crippen molar-refractivity contribution < 1.29 is 9.90 Å². The Kier molecular flexibility index (Phi) is 3.32. The van der Waals surface area contributed by atoms with Crippen LogP contribution in [0.1, 0.15) is 72.1 Å². The molecule has 8 atom stereocenters. The van der Waals surface area contributed by atoms with Crippen LogP contribution < -0.4 is 0 Å². The van der Waals surface area contributed by atoms with Gasteiger partial charge < -0.3 is 5.11 Å². The zero-order chi connectivity index (χ0) is 15.7. The van der Waals surface area contributed by atoms with Gasteiger partial charge in [0.05, 0.1) is 6.10 Å². The maximum Gasteiger partial charge on any atom is 0.133 e. The summed E-state index contributed by atoms with van der Waals surface area (Å²) in [5, 5.41) is 10.5. The molecule has 0 saturated heterocycles. The number of fused-ring (bicyclic) bond motifs is 5. The predicted octanol–water partition coefficient (Wildman–Crippen LogP) is 4.21. The van der Waals surface area contributed by atoms with E-state index >= 15 is 0 Å². The van der Waals surface area contributed by atoms with Crippen LogP contribution in [0.25, 0.3) is 0 Å². The van der Waals surface area contributed by atoms with Crippen LogP contribution in [0.15, 0.2) is 0 Å². The van der Waals surface area contributed by atoms with Crippen molar-refractivity contribution in [2.45, 2.75) is 78.2 Å². The van der Waals surface area contributed by atoms with Gasteiger partial charge in [-0.05, 0) is 78.9 Å². The van der Waals surface area contributed by atoms with Crippen LogP contribution in [0.5, 0.6) is 0 Å². The number of carbonyl (C=O) groups excluding carboxylic acids is 1. The van der Waals surface area contributed by atoms with E-state index in [-0.39, 0.29) is 11.5 Å². The Labute approximate surface area is 135 Å². The van der Waals surface area contributed by atoms with Gasteiger partial charge in [0.25, 0.3) is 0 Å². The summed E-state index contributed by atoms with van der Waals surface area (Å²) in [7, 11) is 0. The minimum Gasteiger partial charge on any atom is -0.393 e. The van der Waals surface area contributed by atoms with Crippen molar-refractivity contribution in [3.8, 4) is 0 Å². The summed E-state index contributed by atoms with van der Waals surface area (Å²) in [4.78, 5) is 12.0. The first-order valence-corrected chi connectivity index (χ1v) is 9.56. The van der Waals surface area contributed by atoms with E-state index in [2.05, 4.69) is 20.8 Å². The van der Waals surface area contributed by atoms with Gasteiger partial charge in [-0.1, -0.05) is 20.8 Å². The van der Waals surface area contributed by atoms with Crippen LogP contribution in [0.2, 0.25) is 0 Å². The first-order chi connectivity index (χ1) is 10.4. The van der Waals surface area contributed by atoms with Gasteiger partial charge >= 0.3 is 0 Å². The fourth-order valence-corrected chi connectivity index (χ4v) is 7.40. The molecule has 0 bridgehead atoms. The van der Waals surface area contributed by atoms with E-state index in [1.54, 1.807) is 0 Å². The van der Waals surface area contributed by atoms with Crippen molar-refractivity contribution in [3.05, 3.63) is 0 Å². The fraction of sp³-hybridized carbons (Fsp3) is 0.950. The number of rotatable bonds is 0. The zero-order valence-corrected chi connectivity index (χ0v) is 14.5. The lowest BCUT2D eigenvalue weighted by Crippen LogP contribution is -2.56. The summed E-state index contributed by atoms with van der Waals surface area (Å²) in [6.07, 6.45) is 8.65. The SMILES string of the molecule is CC1CC2CC(=O)CC[C@]2(C)[C@H]2CC[C@]3(C)C(O)CC[C@H]3[C@H]12. The lowest BCUT2D eigenvalue weighted by Gasteiger charge is -2.62. The molecule has 0 heterocycles. The molecule has 4 aliphatic rings. The average molecular weight is 304 g/mol. The molecule has 1 N–H and O–H groups in total. The standard InChI is InChI=1S/C20H32O2/c1-12-10-13-11-14(21)6-8-19(13,2)16-7-9-20(3)15(18(12)16)4-5-17(20)22/h12-13,15-18,22H,4-11H2,1-3H3/t12?,13?,15-,16-,17?,18-,19-,20-/m0/s1. The minimum absolute atomic E-state index is 0.0795. The highest BCUT2D eigenvalue weighted by Crippen LogP contribution is 2.67. The zero-order valence-electron chi connectivity index (χ0n) is 14.5. The lowest BCUT2D eigenvalue weighted by molar-refractivity contribution is -0.153. The van der Waals surface area contributed by atoms with Crippen LogP contribution in [0.4, 0.5) is 0 Å². The molecule has 0 amide bonds. The van der Waals surface area contributed by atoms with E-state index in [1.807, 2.05) is 0 Å². The van der Waals surface area contributed by atoms with E-state index in [1.165, 1.54) is 25.7 Å². The number of aliphatic hydroxyl groups excluding tert-OH is 1. The van der Waals surface area contributed by atoms with Crippen molar-refractivity contribution in [3.63, 3.8) is 0 Å². The Morgan fingerprint density at radius 2 is 1.77 bits per heavy atom. The summed E-state index contributed by atoms with van der Waals surface area (Å²) in [5.74, 6) is 4.14. The molecule has 0 aromatic rings. The van der Waals surface area contributed by atoms with E-state index in [0.717, 1.165) is 43.4 Å². The van der Waals surface area contributed by atoms with Crippen molar-refractivity contribution in [1.29, 1.82) is 0 Å². The highest BCUT2D eigenvalue weighted by atomic mass is 16.3. The van der Waals surface area contributed by atoms with Crippen molar-refractivity contribution in [1.82, 2.24) is 0 Å². The fourth-order valence-electron chi connectivity index (χ4n) is 7.40. The second-order valence-electron chi connectivity index (χ2n) is 9.59. The van der Waals surface area contributed by atoms with Crippen LogP contribution in [-0.2, 0) is 4.79 Å². The smallest absolute Gasteiger partial charge is 0.133 e. The van der Waals surface area contributed by atoms with Gasteiger partial charge in [0, 0.05) is 12.8 Å². The highest BCUT2D eigenvalue weighted by Gasteiger charge is 2.61. The molecule has 4 rings (SSSR count). The van der Waals surface area contributed by atoms with Gasteiger partial charge in [-0.3, -0.25) is 4.79 Å². The Balaban J connectivity index is 1.68. The Morgan fingerprint density at radius 1 is 1.05 bits per heavy atom. The number of Topliss-reactive ketones (excluding diaryl/α,β-unsaturated/α-hetero) is 1. The van der Waals surface area contributed by atoms with E-state index < -0.39 is 0 Å². The van der Waals surface area contributed by atoms with E-state index in [4.69, 9.17) is 0 Å². The topological polar surface area (TPSA) is 37.3 Å². The molecular weight excluding hydrogens is 272 g/mol. The number of hydrogen-bond donors (Lipinski definition) is 1. The van der Waals surface area contributed by atoms with Gasteiger partial charge in [-0.15, -0.1) is 0 Å². The van der Waals surface area contributed by atoms with Crippen LogP contribution in [-0.4, -0.2) is 17.0 Å². The lowest BCUT2D eigenvalue weighted by atomic mass is 9.43. The maximum atomic E-state index is 12.0. The summed E-state index contributed by atoms with van der Waals surface area (Å²) in [6.45, 7) is 7.30. The summed E-state index contributed by atoms with van der Waals surface area (Å²) < 4.78 is 0. The first kappa shape index (κ1) is 15.2. The molecule has 3 unspecified atom stereocenters. The van der Waals surface area contributed by atoms with Gasteiger partial charge in [-0.25, -0.2) is 0 Å². The van der Waals surface area contributed by atoms with Crippen LogP contribution in [0.3, 0.4) is 0 Å².